The summed E-state index contributed by atoms with van der Waals surface area (Å²) in [5, 5.41) is 6.62. The normalized spacial score (nSPS) is 10.8. The molecule has 6 heteroatoms. The van der Waals surface area contributed by atoms with Crippen LogP contribution in [0, 0.1) is 0 Å². The number of anilines is 1. The molecule has 2 heterocycles. The molecule has 20 heavy (non-hydrogen) atoms. The fourth-order valence-electron chi connectivity index (χ4n) is 1.92. The smallest absolute Gasteiger partial charge is 0.230 e. The Morgan fingerprint density at radius 2 is 2.05 bits per heavy atom. The molecule has 0 aliphatic heterocycles. The molecule has 110 valence electrons. The Bertz CT molecular complexity index is 548. The molecule has 0 amide bonds. The van der Waals surface area contributed by atoms with E-state index in [1.54, 1.807) is 18.4 Å². The Labute approximate surface area is 128 Å². The maximum Gasteiger partial charge on any atom is 0.230 e. The van der Waals surface area contributed by atoms with Gasteiger partial charge in [0.2, 0.25) is 5.88 Å². The number of thiazole rings is 1. The molecule has 1 N–H and O–H groups in total. The average Bonchev–Trinajstić information content (AvgIpc) is 3.04. The van der Waals surface area contributed by atoms with Gasteiger partial charge in [0, 0.05) is 32.1 Å². The van der Waals surface area contributed by atoms with Crippen LogP contribution in [0.4, 0.5) is 5.13 Å². The summed E-state index contributed by atoms with van der Waals surface area (Å²) in [6.45, 7) is 3.88. The van der Waals surface area contributed by atoms with Crippen molar-refractivity contribution in [3.8, 4) is 5.88 Å². The third kappa shape index (κ3) is 3.50. The average molecular weight is 311 g/mol. The fraction of sp³-hybridized carbons (Fsp3) is 0.500. The molecular weight excluding hydrogens is 290 g/mol. The Hall–Kier alpha value is -1.11. The van der Waals surface area contributed by atoms with Crippen LogP contribution >= 0.6 is 22.7 Å². The Morgan fingerprint density at radius 3 is 2.70 bits per heavy atom. The van der Waals surface area contributed by atoms with Gasteiger partial charge in [0.05, 0.1) is 12.0 Å². The Balaban J connectivity index is 1.97. The molecule has 0 unspecified atom stereocenters. The van der Waals surface area contributed by atoms with Crippen LogP contribution in [0.2, 0.25) is 0 Å². The highest BCUT2D eigenvalue weighted by Gasteiger charge is 2.13. The molecular formula is C14H21N3OS2. The van der Waals surface area contributed by atoms with Crippen LogP contribution in [0.15, 0.2) is 11.4 Å². The van der Waals surface area contributed by atoms with Crippen molar-refractivity contribution in [3.63, 3.8) is 0 Å². The number of hydrogen-bond donors (Lipinski definition) is 1. The van der Waals surface area contributed by atoms with E-state index in [-0.39, 0.29) is 0 Å². The van der Waals surface area contributed by atoms with E-state index in [2.05, 4.69) is 28.7 Å². The first-order valence-corrected chi connectivity index (χ1v) is 8.32. The van der Waals surface area contributed by atoms with E-state index in [9.17, 15) is 0 Å². The maximum atomic E-state index is 5.34. The van der Waals surface area contributed by atoms with Gasteiger partial charge in [0.1, 0.15) is 0 Å². The summed E-state index contributed by atoms with van der Waals surface area (Å²) >= 11 is 3.49. The van der Waals surface area contributed by atoms with Crippen molar-refractivity contribution in [2.24, 2.45) is 0 Å². The lowest BCUT2D eigenvalue weighted by atomic mass is 10.2. The minimum atomic E-state index is 0.730. The number of thiophene rings is 1. The standard InChI is InChI=1S/C14H21N3OS2/c1-5-10-6-7-19-11(10)8-15-9-12-13(18-4)16-14(20-12)17(2)3/h6-7,15H,5,8-9H2,1-4H3. The second-order valence-corrected chi connectivity index (χ2v) is 6.71. The Kier molecular flexibility index (Phi) is 5.39. The first-order valence-electron chi connectivity index (χ1n) is 6.62. The lowest BCUT2D eigenvalue weighted by Crippen LogP contribution is -2.12. The third-order valence-electron chi connectivity index (χ3n) is 3.02. The van der Waals surface area contributed by atoms with Crippen LogP contribution in [-0.2, 0) is 19.5 Å². The summed E-state index contributed by atoms with van der Waals surface area (Å²) in [6.07, 6.45) is 1.09. The second-order valence-electron chi connectivity index (χ2n) is 4.65. The van der Waals surface area contributed by atoms with Crippen molar-refractivity contribution in [3.05, 3.63) is 26.8 Å². The SMILES string of the molecule is CCc1ccsc1CNCc1sc(N(C)C)nc1OC. The molecule has 2 rings (SSSR count). The molecule has 2 aromatic heterocycles. The van der Waals surface area contributed by atoms with E-state index < -0.39 is 0 Å². The van der Waals surface area contributed by atoms with E-state index >= 15 is 0 Å². The van der Waals surface area contributed by atoms with Crippen LogP contribution < -0.4 is 15.0 Å². The van der Waals surface area contributed by atoms with Crippen LogP contribution in [0.1, 0.15) is 22.2 Å². The molecule has 0 aromatic carbocycles. The molecule has 0 spiro atoms. The minimum absolute atomic E-state index is 0.730. The highest BCUT2D eigenvalue weighted by Crippen LogP contribution is 2.30. The van der Waals surface area contributed by atoms with Gasteiger partial charge >= 0.3 is 0 Å². The number of nitrogens with one attached hydrogen (secondary N) is 1. The lowest BCUT2D eigenvalue weighted by molar-refractivity contribution is 0.395. The summed E-state index contributed by atoms with van der Waals surface area (Å²) in [4.78, 5) is 9.03. The zero-order valence-corrected chi connectivity index (χ0v) is 14.0. The van der Waals surface area contributed by atoms with E-state index in [0.29, 0.717) is 0 Å². The largest absolute Gasteiger partial charge is 0.480 e. The van der Waals surface area contributed by atoms with Gasteiger partial charge in [-0.15, -0.1) is 11.3 Å². The number of ether oxygens (including phenoxy) is 1. The van der Waals surface area contributed by atoms with Gasteiger partial charge in [-0.25, -0.2) is 0 Å². The summed E-state index contributed by atoms with van der Waals surface area (Å²) < 4.78 is 5.34. The van der Waals surface area contributed by atoms with Crippen molar-refractivity contribution in [2.75, 3.05) is 26.1 Å². The number of methoxy groups -OCH3 is 1. The predicted molar refractivity (Wildman–Crippen MR) is 87.2 cm³/mol. The van der Waals surface area contributed by atoms with Gasteiger partial charge in [-0.1, -0.05) is 18.3 Å². The summed E-state index contributed by atoms with van der Waals surface area (Å²) in [5.41, 5.74) is 1.44. The Morgan fingerprint density at radius 1 is 1.30 bits per heavy atom. The monoisotopic (exact) mass is 311 g/mol. The van der Waals surface area contributed by atoms with Gasteiger partial charge in [-0.05, 0) is 23.4 Å². The predicted octanol–water partition coefficient (Wildman–Crippen LogP) is 3.13. The zero-order valence-electron chi connectivity index (χ0n) is 12.4. The lowest BCUT2D eigenvalue weighted by Gasteiger charge is -2.05. The quantitative estimate of drug-likeness (QED) is 0.852. The second kappa shape index (κ2) is 7.06. The van der Waals surface area contributed by atoms with Gasteiger partial charge in [-0.2, -0.15) is 4.98 Å². The van der Waals surface area contributed by atoms with Crippen molar-refractivity contribution in [1.82, 2.24) is 10.3 Å². The van der Waals surface area contributed by atoms with Gasteiger partial charge in [0.15, 0.2) is 5.13 Å². The summed E-state index contributed by atoms with van der Waals surface area (Å²) in [7, 11) is 5.66. The van der Waals surface area contributed by atoms with Gasteiger partial charge in [-0.3, -0.25) is 0 Å². The molecule has 2 aromatic rings. The topological polar surface area (TPSA) is 37.4 Å². The van der Waals surface area contributed by atoms with Crippen molar-refractivity contribution >= 4 is 27.8 Å². The van der Waals surface area contributed by atoms with E-state index in [4.69, 9.17) is 4.74 Å². The molecule has 0 aliphatic carbocycles. The number of rotatable bonds is 7. The zero-order chi connectivity index (χ0) is 14.5. The van der Waals surface area contributed by atoms with E-state index in [1.165, 1.54) is 10.4 Å². The highest BCUT2D eigenvalue weighted by atomic mass is 32.1. The van der Waals surface area contributed by atoms with E-state index in [1.807, 2.05) is 30.3 Å². The van der Waals surface area contributed by atoms with Crippen LogP contribution in [-0.4, -0.2) is 26.2 Å². The third-order valence-corrected chi connectivity index (χ3v) is 5.18. The summed E-state index contributed by atoms with van der Waals surface area (Å²) in [5.74, 6) is 0.730. The highest BCUT2D eigenvalue weighted by molar-refractivity contribution is 7.15. The van der Waals surface area contributed by atoms with Crippen molar-refractivity contribution < 1.29 is 4.74 Å². The number of nitrogens with zero attached hydrogens (tertiary/aromatic N) is 2. The minimum Gasteiger partial charge on any atom is -0.480 e. The molecule has 0 saturated carbocycles. The van der Waals surface area contributed by atoms with Gasteiger partial charge < -0.3 is 15.0 Å². The van der Waals surface area contributed by atoms with Crippen LogP contribution in [0.25, 0.3) is 0 Å². The van der Waals surface area contributed by atoms with Crippen molar-refractivity contribution in [2.45, 2.75) is 26.4 Å². The molecule has 0 aliphatic rings. The molecule has 0 saturated heterocycles. The number of aromatic nitrogens is 1. The number of aryl methyl sites for hydroxylation is 1. The first-order chi connectivity index (χ1) is 9.65. The van der Waals surface area contributed by atoms with Crippen LogP contribution in [0.5, 0.6) is 5.88 Å². The number of hydrogen-bond acceptors (Lipinski definition) is 6. The maximum absolute atomic E-state index is 5.34. The molecule has 0 atom stereocenters. The van der Waals surface area contributed by atoms with Crippen molar-refractivity contribution in [1.29, 1.82) is 0 Å². The molecule has 4 nitrogen and oxygen atoms in total. The van der Waals surface area contributed by atoms with Crippen LogP contribution in [0.3, 0.4) is 0 Å². The van der Waals surface area contributed by atoms with Gasteiger partial charge in [0.25, 0.3) is 0 Å². The first kappa shape index (κ1) is 15.3. The van der Waals surface area contributed by atoms with E-state index in [0.717, 1.165) is 35.4 Å². The molecule has 0 radical (unpaired) electrons. The molecule has 0 bridgehead atoms. The summed E-state index contributed by atoms with van der Waals surface area (Å²) in [6, 6.07) is 2.21. The fourth-order valence-corrected chi connectivity index (χ4v) is 3.78. The molecule has 0 fully saturated rings.